The van der Waals surface area contributed by atoms with E-state index in [9.17, 15) is 0 Å². The Morgan fingerprint density at radius 2 is 0.587 bits per heavy atom. The molecule has 388 valence electrons. The van der Waals surface area contributed by atoms with E-state index in [0.29, 0.717) is 13.2 Å². The highest BCUT2D eigenvalue weighted by molar-refractivity contribution is 5.19. The maximum Gasteiger partial charge on any atom is 0.188 e. The zero-order valence-electron chi connectivity index (χ0n) is 42.1. The summed E-state index contributed by atoms with van der Waals surface area (Å²) in [7, 11) is 0. The molecule has 10 atom stereocenters. The molecule has 0 amide bonds. The SMILES string of the molecule is C#CCO[C@@H]1O[C@H](COCc2ccccc2)[C@@H](O[C@@H]2O[C@H](COCc3ccccc3)[C@H](OCc3ccccc3)[C@H](OCc3ccccc3)[C@H]2OCc2ccccc2)[C@H](OCc2ccccc2)[C@H]1OCc1ccccc1. The van der Waals surface area contributed by atoms with Crippen molar-refractivity contribution < 1.29 is 52.1 Å². The van der Waals surface area contributed by atoms with Crippen molar-refractivity contribution in [1.29, 1.82) is 0 Å². The molecule has 2 aliphatic heterocycles. The smallest absolute Gasteiger partial charge is 0.188 e. The molecule has 9 rings (SSSR count). The molecule has 2 saturated heterocycles. The summed E-state index contributed by atoms with van der Waals surface area (Å²) < 4.78 is 76.3. The molecule has 7 aromatic carbocycles. The van der Waals surface area contributed by atoms with Crippen LogP contribution in [0.3, 0.4) is 0 Å². The van der Waals surface area contributed by atoms with Gasteiger partial charge < -0.3 is 52.1 Å². The van der Waals surface area contributed by atoms with Crippen molar-refractivity contribution >= 4 is 0 Å². The second kappa shape index (κ2) is 29.1. The largest absolute Gasteiger partial charge is 0.374 e. The van der Waals surface area contributed by atoms with Crippen molar-refractivity contribution in [2.24, 2.45) is 0 Å². The highest BCUT2D eigenvalue weighted by Crippen LogP contribution is 2.37. The molecule has 7 aromatic rings. The second-order valence-electron chi connectivity index (χ2n) is 18.5. The van der Waals surface area contributed by atoms with Gasteiger partial charge in [0.05, 0.1) is 59.5 Å². The lowest BCUT2D eigenvalue weighted by molar-refractivity contribution is -0.377. The zero-order chi connectivity index (χ0) is 51.1. The van der Waals surface area contributed by atoms with Crippen molar-refractivity contribution in [3.05, 3.63) is 251 Å². The first kappa shape index (κ1) is 53.5. The first-order valence-electron chi connectivity index (χ1n) is 25.7. The highest BCUT2D eigenvalue weighted by Gasteiger charge is 2.54. The Kier molecular flexibility index (Phi) is 20.7. The fourth-order valence-electron chi connectivity index (χ4n) is 9.22. The van der Waals surface area contributed by atoms with Crippen molar-refractivity contribution in [1.82, 2.24) is 0 Å². The van der Waals surface area contributed by atoms with Crippen LogP contribution in [-0.4, -0.2) is 81.2 Å². The fourth-order valence-corrected chi connectivity index (χ4v) is 9.22. The average molecular weight is 1010 g/mol. The Hall–Kier alpha value is -6.34. The lowest BCUT2D eigenvalue weighted by atomic mass is 9.95. The molecular weight excluding hydrogens is 945 g/mol. The van der Waals surface area contributed by atoms with Gasteiger partial charge in [-0.05, 0) is 38.9 Å². The topological polar surface area (TPSA) is 102 Å². The molecule has 0 saturated carbocycles. The maximum atomic E-state index is 7.53. The highest BCUT2D eigenvalue weighted by atomic mass is 16.8. The quantitative estimate of drug-likeness (QED) is 0.0460. The van der Waals surface area contributed by atoms with E-state index in [-0.39, 0.29) is 52.9 Å². The summed E-state index contributed by atoms with van der Waals surface area (Å²) in [6, 6.07) is 70.0. The summed E-state index contributed by atoms with van der Waals surface area (Å²) in [5.74, 6) is 2.62. The van der Waals surface area contributed by atoms with Crippen molar-refractivity contribution in [3.8, 4) is 12.3 Å². The summed E-state index contributed by atoms with van der Waals surface area (Å²) in [5.41, 5.74) is 6.83. The van der Waals surface area contributed by atoms with E-state index >= 15 is 0 Å². The van der Waals surface area contributed by atoms with Crippen LogP contribution in [0.2, 0.25) is 0 Å². The predicted octanol–water partition coefficient (Wildman–Crippen LogP) is 10.8. The molecule has 2 fully saturated rings. The van der Waals surface area contributed by atoms with Crippen LogP contribution in [-0.2, 0) is 98.4 Å². The van der Waals surface area contributed by atoms with Gasteiger partial charge in [0, 0.05) is 0 Å². The summed E-state index contributed by atoms with van der Waals surface area (Å²) >= 11 is 0. The van der Waals surface area contributed by atoms with Gasteiger partial charge in [-0.1, -0.05) is 218 Å². The minimum atomic E-state index is -1.12. The molecule has 75 heavy (non-hydrogen) atoms. The maximum absolute atomic E-state index is 7.53. The third-order valence-corrected chi connectivity index (χ3v) is 13.0. The first-order chi connectivity index (χ1) is 37.2. The molecule has 2 aliphatic rings. The summed E-state index contributed by atoms with van der Waals surface area (Å²) in [6.45, 7) is 1.99. The second-order valence-corrected chi connectivity index (χ2v) is 18.5. The van der Waals surface area contributed by atoms with Crippen LogP contribution in [0.25, 0.3) is 0 Å². The number of rotatable bonds is 27. The van der Waals surface area contributed by atoms with Crippen LogP contribution in [0.1, 0.15) is 38.9 Å². The van der Waals surface area contributed by atoms with Gasteiger partial charge >= 0.3 is 0 Å². The summed E-state index contributed by atoms with van der Waals surface area (Å²) in [5, 5.41) is 0. The van der Waals surface area contributed by atoms with E-state index in [4.69, 9.17) is 58.5 Å². The third kappa shape index (κ3) is 16.1. The predicted molar refractivity (Wildman–Crippen MR) is 284 cm³/mol. The van der Waals surface area contributed by atoms with Gasteiger partial charge in [-0.25, -0.2) is 0 Å². The molecule has 0 unspecified atom stereocenters. The van der Waals surface area contributed by atoms with Crippen LogP contribution >= 0.6 is 0 Å². The van der Waals surface area contributed by atoms with E-state index in [2.05, 4.69) is 5.92 Å². The number of terminal acetylenes is 1. The summed E-state index contributed by atoms with van der Waals surface area (Å²) in [4.78, 5) is 0. The monoisotopic (exact) mass is 1010 g/mol. The van der Waals surface area contributed by atoms with E-state index in [1.165, 1.54) is 0 Å². The van der Waals surface area contributed by atoms with Crippen LogP contribution in [0.15, 0.2) is 212 Å². The molecule has 0 aromatic heterocycles. The average Bonchev–Trinajstić information content (AvgIpc) is 3.47. The van der Waals surface area contributed by atoms with Crippen LogP contribution < -0.4 is 0 Å². The van der Waals surface area contributed by atoms with Crippen molar-refractivity contribution in [3.63, 3.8) is 0 Å². The number of ether oxygens (including phenoxy) is 11. The Balaban J connectivity index is 1.12. The number of hydrogen-bond acceptors (Lipinski definition) is 11. The van der Waals surface area contributed by atoms with Gasteiger partial charge in [0.15, 0.2) is 12.6 Å². The van der Waals surface area contributed by atoms with E-state index in [1.54, 1.807) is 0 Å². The Morgan fingerprint density at radius 1 is 0.307 bits per heavy atom. The first-order valence-corrected chi connectivity index (χ1v) is 25.7. The van der Waals surface area contributed by atoms with Crippen molar-refractivity contribution in [2.45, 2.75) is 108 Å². The molecule has 11 heteroatoms. The molecular formula is C64H66O11. The Bertz CT molecular complexity index is 2680. The fraction of sp³-hybridized carbons (Fsp3) is 0.312. The Labute approximate surface area is 441 Å². The van der Waals surface area contributed by atoms with E-state index in [0.717, 1.165) is 38.9 Å². The lowest BCUT2D eigenvalue weighted by Gasteiger charge is -2.50. The van der Waals surface area contributed by atoms with E-state index in [1.807, 2.05) is 212 Å². The molecule has 0 radical (unpaired) electrons. The molecule has 0 spiro atoms. The number of hydrogen-bond donors (Lipinski definition) is 0. The van der Waals surface area contributed by atoms with Gasteiger partial charge in [-0.3, -0.25) is 0 Å². The van der Waals surface area contributed by atoms with Crippen LogP contribution in [0, 0.1) is 12.3 Å². The van der Waals surface area contributed by atoms with Gasteiger partial charge in [-0.2, -0.15) is 0 Å². The Morgan fingerprint density at radius 3 is 0.947 bits per heavy atom. The van der Waals surface area contributed by atoms with Crippen LogP contribution in [0.4, 0.5) is 0 Å². The lowest BCUT2D eigenvalue weighted by Crippen LogP contribution is -2.66. The molecule has 2 heterocycles. The van der Waals surface area contributed by atoms with Gasteiger partial charge in [-0.15, -0.1) is 6.42 Å². The summed E-state index contributed by atoms with van der Waals surface area (Å²) in [6.07, 6.45) is -2.78. The normalized spacial score (nSPS) is 23.6. The molecule has 0 aliphatic carbocycles. The van der Waals surface area contributed by atoms with Gasteiger partial charge in [0.25, 0.3) is 0 Å². The van der Waals surface area contributed by atoms with Crippen LogP contribution in [0.5, 0.6) is 0 Å². The van der Waals surface area contributed by atoms with Gasteiger partial charge in [0.2, 0.25) is 0 Å². The third-order valence-electron chi connectivity index (χ3n) is 13.0. The molecule has 0 N–H and O–H groups in total. The number of benzene rings is 7. The standard InChI is InChI=1S/C64H66O11/c1-2-38-67-63-61(71-44-53-34-20-8-21-35-53)60(70-43-52-32-18-7-19-33-52)58(56(73-63)47-66-40-49-26-12-4-13-27-49)75-64-62(72-45-54-36-22-9-23-37-54)59(69-42-51-30-16-6-17-31-51)57(68-41-50-28-14-5-15-29-50)55(74-64)46-65-39-48-24-10-3-11-25-48/h1,3-37,55-64H,38-47H2/t55-,56-,57+,58-,59+,60+,61-,62-,63-,64+/m1/s1. The molecule has 0 bridgehead atoms. The minimum Gasteiger partial charge on any atom is -0.374 e. The zero-order valence-corrected chi connectivity index (χ0v) is 42.1. The van der Waals surface area contributed by atoms with Crippen molar-refractivity contribution in [2.75, 3.05) is 19.8 Å². The molecule has 11 nitrogen and oxygen atoms in total. The van der Waals surface area contributed by atoms with E-state index < -0.39 is 61.4 Å². The minimum absolute atomic E-state index is 0.0407. The van der Waals surface area contributed by atoms with Gasteiger partial charge in [0.1, 0.15) is 55.4 Å².